The molecule has 0 fully saturated rings. The molecule has 0 heterocycles. The highest BCUT2D eigenvalue weighted by Crippen LogP contribution is 1.94. The number of likely N-dealkylation sites (N-methyl/N-ethyl adjacent to an activating group) is 2. The van der Waals surface area contributed by atoms with Gasteiger partial charge in [-0.05, 0) is 19.6 Å². The van der Waals surface area contributed by atoms with Crippen molar-refractivity contribution in [2.24, 2.45) is 5.73 Å². The molecule has 2 N–H and O–H groups in total. The third-order valence-electron chi connectivity index (χ3n) is 2.75. The van der Waals surface area contributed by atoms with Crippen LogP contribution in [0.1, 0.15) is 27.2 Å². The molecule has 0 saturated carbocycles. The van der Waals surface area contributed by atoms with E-state index < -0.39 is 0 Å². The molecule has 0 unspecified atom stereocenters. The van der Waals surface area contributed by atoms with E-state index in [0.29, 0.717) is 4.99 Å². The summed E-state index contributed by atoms with van der Waals surface area (Å²) in [6, 6.07) is 0. The van der Waals surface area contributed by atoms with Crippen LogP contribution in [0.2, 0.25) is 0 Å². The first kappa shape index (κ1) is 14.8. The largest absolute Gasteiger partial charge is 0.393 e. The van der Waals surface area contributed by atoms with Gasteiger partial charge in [0.1, 0.15) is 0 Å². The van der Waals surface area contributed by atoms with Gasteiger partial charge in [-0.15, -0.1) is 0 Å². The van der Waals surface area contributed by atoms with Gasteiger partial charge in [0.25, 0.3) is 0 Å². The molecule has 0 spiro atoms. The van der Waals surface area contributed by atoms with E-state index in [1.165, 1.54) is 0 Å². The van der Waals surface area contributed by atoms with Gasteiger partial charge in [-0.25, -0.2) is 0 Å². The molecule has 0 atom stereocenters. The number of nitrogens with two attached hydrogens (primary N) is 1. The van der Waals surface area contributed by atoms with Gasteiger partial charge in [-0.1, -0.05) is 33.0 Å². The number of thiocarbonyl (C=S) groups is 1. The summed E-state index contributed by atoms with van der Waals surface area (Å²) in [5, 5.41) is 0. The van der Waals surface area contributed by atoms with Crippen molar-refractivity contribution in [2.45, 2.75) is 27.2 Å². The molecule has 0 aromatic heterocycles. The molecule has 0 aromatic rings. The Labute approximate surface area is 99.6 Å². The highest BCUT2D eigenvalue weighted by atomic mass is 32.1. The second-order valence-corrected chi connectivity index (χ2v) is 4.20. The minimum absolute atomic E-state index is 0.622. The van der Waals surface area contributed by atoms with Gasteiger partial charge < -0.3 is 15.5 Å². The first-order valence-corrected chi connectivity index (χ1v) is 6.27. The Balaban J connectivity index is 3.73. The van der Waals surface area contributed by atoms with Crippen LogP contribution in [0.4, 0.5) is 0 Å². The van der Waals surface area contributed by atoms with E-state index in [0.717, 1.165) is 45.7 Å². The molecule has 0 aliphatic rings. The van der Waals surface area contributed by atoms with Crippen molar-refractivity contribution >= 4 is 17.2 Å². The fourth-order valence-electron chi connectivity index (χ4n) is 1.52. The maximum atomic E-state index is 5.50. The third-order valence-corrected chi connectivity index (χ3v) is 2.95. The standard InChI is InChI=1S/C11H25N3S/c1-4-13(5-2)9-10-14(6-3)8-7-11(12)15/h4-10H2,1-3H3,(H2,12,15). The second kappa shape index (κ2) is 9.07. The average Bonchev–Trinajstić information content (AvgIpc) is 2.23. The van der Waals surface area contributed by atoms with E-state index in [4.69, 9.17) is 18.0 Å². The van der Waals surface area contributed by atoms with Crippen LogP contribution in [0.5, 0.6) is 0 Å². The molecule has 90 valence electrons. The lowest BCUT2D eigenvalue weighted by Crippen LogP contribution is -2.36. The molecule has 0 saturated heterocycles. The van der Waals surface area contributed by atoms with Crippen LogP contribution in [-0.4, -0.2) is 54.1 Å². The van der Waals surface area contributed by atoms with Gasteiger partial charge in [0.2, 0.25) is 0 Å². The van der Waals surface area contributed by atoms with Crippen molar-refractivity contribution < 1.29 is 0 Å². The van der Waals surface area contributed by atoms with Crippen LogP contribution in [0.3, 0.4) is 0 Å². The summed E-state index contributed by atoms with van der Waals surface area (Å²) in [7, 11) is 0. The summed E-state index contributed by atoms with van der Waals surface area (Å²) in [6.45, 7) is 13.2. The molecule has 0 radical (unpaired) electrons. The molecule has 0 aliphatic carbocycles. The highest BCUT2D eigenvalue weighted by molar-refractivity contribution is 7.80. The van der Waals surface area contributed by atoms with Crippen molar-refractivity contribution in [1.82, 2.24) is 9.80 Å². The number of rotatable bonds is 9. The summed E-state index contributed by atoms with van der Waals surface area (Å²) < 4.78 is 0. The Kier molecular flexibility index (Phi) is 8.95. The van der Waals surface area contributed by atoms with E-state index in [9.17, 15) is 0 Å². The smallest absolute Gasteiger partial charge is 0.0740 e. The van der Waals surface area contributed by atoms with Gasteiger partial charge in [0.15, 0.2) is 0 Å². The van der Waals surface area contributed by atoms with Crippen LogP contribution < -0.4 is 5.73 Å². The Morgan fingerprint density at radius 1 is 0.933 bits per heavy atom. The van der Waals surface area contributed by atoms with E-state index in [2.05, 4.69) is 30.6 Å². The zero-order valence-electron chi connectivity index (χ0n) is 10.3. The highest BCUT2D eigenvalue weighted by Gasteiger charge is 2.05. The Morgan fingerprint density at radius 3 is 1.80 bits per heavy atom. The Hall–Kier alpha value is -0.190. The number of hydrogen-bond acceptors (Lipinski definition) is 3. The fourth-order valence-corrected chi connectivity index (χ4v) is 1.61. The number of nitrogens with zero attached hydrogens (tertiary/aromatic N) is 2. The Morgan fingerprint density at radius 2 is 1.40 bits per heavy atom. The maximum Gasteiger partial charge on any atom is 0.0740 e. The molecular formula is C11H25N3S. The molecule has 4 heteroatoms. The van der Waals surface area contributed by atoms with Gasteiger partial charge in [-0.2, -0.15) is 0 Å². The van der Waals surface area contributed by atoms with Crippen molar-refractivity contribution in [2.75, 3.05) is 39.3 Å². The summed E-state index contributed by atoms with van der Waals surface area (Å²) in [5.41, 5.74) is 5.50. The topological polar surface area (TPSA) is 32.5 Å². The molecule has 0 rings (SSSR count). The minimum atomic E-state index is 0.622. The zero-order valence-corrected chi connectivity index (χ0v) is 11.1. The lowest BCUT2D eigenvalue weighted by atomic mass is 10.3. The second-order valence-electron chi connectivity index (χ2n) is 3.68. The lowest BCUT2D eigenvalue weighted by molar-refractivity contribution is 0.224. The van der Waals surface area contributed by atoms with Gasteiger partial charge in [0, 0.05) is 26.1 Å². The molecule has 0 bridgehead atoms. The summed E-state index contributed by atoms with van der Waals surface area (Å²) in [5.74, 6) is 0. The maximum absolute atomic E-state index is 5.50. The SMILES string of the molecule is CCN(CC)CCN(CC)CCC(N)=S. The monoisotopic (exact) mass is 231 g/mol. The first-order valence-electron chi connectivity index (χ1n) is 5.87. The van der Waals surface area contributed by atoms with Crippen molar-refractivity contribution in [3.05, 3.63) is 0 Å². The van der Waals surface area contributed by atoms with Crippen molar-refractivity contribution in [1.29, 1.82) is 0 Å². The molecule has 15 heavy (non-hydrogen) atoms. The van der Waals surface area contributed by atoms with Crippen LogP contribution in [0, 0.1) is 0 Å². The van der Waals surface area contributed by atoms with Crippen LogP contribution in [-0.2, 0) is 0 Å². The predicted octanol–water partition coefficient (Wildman–Crippen LogP) is 1.33. The zero-order chi connectivity index (χ0) is 11.7. The van der Waals surface area contributed by atoms with E-state index in [1.54, 1.807) is 0 Å². The summed E-state index contributed by atoms with van der Waals surface area (Å²) >= 11 is 4.88. The molecule has 0 amide bonds. The van der Waals surface area contributed by atoms with Gasteiger partial charge >= 0.3 is 0 Å². The average molecular weight is 231 g/mol. The summed E-state index contributed by atoms with van der Waals surface area (Å²) in [6.07, 6.45) is 0.835. The van der Waals surface area contributed by atoms with Crippen molar-refractivity contribution in [3.63, 3.8) is 0 Å². The molecular weight excluding hydrogens is 206 g/mol. The van der Waals surface area contributed by atoms with Gasteiger partial charge in [0.05, 0.1) is 4.99 Å². The molecule has 0 aliphatic heterocycles. The van der Waals surface area contributed by atoms with Gasteiger partial charge in [-0.3, -0.25) is 0 Å². The third kappa shape index (κ3) is 7.71. The first-order chi connectivity index (χ1) is 7.13. The minimum Gasteiger partial charge on any atom is -0.393 e. The van der Waals surface area contributed by atoms with E-state index in [1.807, 2.05) is 0 Å². The quantitative estimate of drug-likeness (QED) is 0.607. The number of hydrogen-bond donors (Lipinski definition) is 1. The molecule has 0 aromatic carbocycles. The Bertz CT molecular complexity index is 169. The fraction of sp³-hybridized carbons (Fsp3) is 0.909. The predicted molar refractivity (Wildman–Crippen MR) is 71.3 cm³/mol. The normalized spacial score (nSPS) is 11.3. The van der Waals surface area contributed by atoms with Crippen LogP contribution >= 0.6 is 12.2 Å². The lowest BCUT2D eigenvalue weighted by Gasteiger charge is -2.24. The van der Waals surface area contributed by atoms with E-state index in [-0.39, 0.29) is 0 Å². The van der Waals surface area contributed by atoms with Crippen LogP contribution in [0.25, 0.3) is 0 Å². The molecule has 3 nitrogen and oxygen atoms in total. The van der Waals surface area contributed by atoms with E-state index >= 15 is 0 Å². The van der Waals surface area contributed by atoms with Crippen LogP contribution in [0.15, 0.2) is 0 Å². The van der Waals surface area contributed by atoms with Crippen molar-refractivity contribution in [3.8, 4) is 0 Å². The summed E-state index contributed by atoms with van der Waals surface area (Å²) in [4.78, 5) is 5.46.